The van der Waals surface area contributed by atoms with Crippen LogP contribution < -0.4 is 0 Å². The molecule has 1 N–H and O–H groups in total. The van der Waals surface area contributed by atoms with Gasteiger partial charge in [-0.3, -0.25) is 9.59 Å². The molecule has 0 aromatic heterocycles. The Morgan fingerprint density at radius 2 is 1.88 bits per heavy atom. The molecule has 4 rings (SSSR count). The molecule has 4 aliphatic carbocycles. The van der Waals surface area contributed by atoms with Gasteiger partial charge in [-0.1, -0.05) is 26.0 Å². The molecule has 6 atom stereocenters. The zero-order valence-electron chi connectivity index (χ0n) is 15.0. The second kappa shape index (κ2) is 4.91. The largest absolute Gasteiger partial charge is 0.382 e. The second-order valence-corrected chi connectivity index (χ2v) is 9.04. The standard InChI is InChI=1S/C21H28O3/c1-13(22)21(24)11-8-18-16-5-4-14-12-15(23)6-9-19(14,2)17(16)7-10-20(18,21)3/h4-5,12,16-18,24H,6-11H2,1-3H3/t16-,17-,18+,19+,20+,21+/m1/s1. The summed E-state index contributed by atoms with van der Waals surface area (Å²) in [5, 5.41) is 11.1. The highest BCUT2D eigenvalue weighted by atomic mass is 16.3. The van der Waals surface area contributed by atoms with Crippen molar-refractivity contribution in [1.82, 2.24) is 0 Å². The van der Waals surface area contributed by atoms with Crippen LogP contribution in [-0.4, -0.2) is 22.3 Å². The maximum Gasteiger partial charge on any atom is 0.161 e. The molecule has 130 valence electrons. The Labute approximate surface area is 144 Å². The lowest BCUT2D eigenvalue weighted by molar-refractivity contribution is -0.156. The first-order valence-electron chi connectivity index (χ1n) is 9.39. The molecule has 0 saturated heterocycles. The molecule has 0 aromatic carbocycles. The van der Waals surface area contributed by atoms with Gasteiger partial charge in [0.25, 0.3) is 0 Å². The average Bonchev–Trinajstić information content (AvgIpc) is 2.81. The monoisotopic (exact) mass is 328 g/mol. The highest BCUT2D eigenvalue weighted by molar-refractivity contribution is 5.92. The van der Waals surface area contributed by atoms with Crippen molar-refractivity contribution in [3.63, 3.8) is 0 Å². The van der Waals surface area contributed by atoms with E-state index in [1.165, 1.54) is 5.57 Å². The Balaban J connectivity index is 1.75. The van der Waals surface area contributed by atoms with Crippen LogP contribution in [0.5, 0.6) is 0 Å². The Bertz CT molecular complexity index is 675. The quantitative estimate of drug-likeness (QED) is 0.800. The van der Waals surface area contributed by atoms with Crippen molar-refractivity contribution in [3.8, 4) is 0 Å². The van der Waals surface area contributed by atoms with Crippen molar-refractivity contribution in [1.29, 1.82) is 0 Å². The first-order valence-corrected chi connectivity index (χ1v) is 9.39. The van der Waals surface area contributed by atoms with Crippen molar-refractivity contribution in [2.24, 2.45) is 28.6 Å². The van der Waals surface area contributed by atoms with Gasteiger partial charge < -0.3 is 5.11 Å². The summed E-state index contributed by atoms with van der Waals surface area (Å²) in [5.41, 5.74) is -0.197. The van der Waals surface area contributed by atoms with Crippen LogP contribution in [0.1, 0.15) is 59.3 Å². The van der Waals surface area contributed by atoms with E-state index in [-0.39, 0.29) is 22.4 Å². The number of rotatable bonds is 1. The van der Waals surface area contributed by atoms with Crippen molar-refractivity contribution >= 4 is 11.6 Å². The van der Waals surface area contributed by atoms with E-state index in [1.54, 1.807) is 6.92 Å². The molecule has 24 heavy (non-hydrogen) atoms. The predicted octanol–water partition coefficient (Wildman–Crippen LogP) is 3.61. The van der Waals surface area contributed by atoms with Crippen LogP contribution in [0.3, 0.4) is 0 Å². The number of fused-ring (bicyclic) bond motifs is 5. The fourth-order valence-electron chi connectivity index (χ4n) is 6.59. The lowest BCUT2D eigenvalue weighted by Gasteiger charge is -2.56. The third kappa shape index (κ3) is 1.82. The molecule has 0 aromatic rings. The van der Waals surface area contributed by atoms with Gasteiger partial charge in [0.15, 0.2) is 11.6 Å². The number of allylic oxidation sites excluding steroid dienone is 4. The highest BCUT2D eigenvalue weighted by Crippen LogP contribution is 2.66. The summed E-state index contributed by atoms with van der Waals surface area (Å²) in [5.74, 6) is 1.47. The van der Waals surface area contributed by atoms with Crippen molar-refractivity contribution in [3.05, 3.63) is 23.8 Å². The number of aliphatic hydroxyl groups is 1. The number of hydrogen-bond acceptors (Lipinski definition) is 3. The van der Waals surface area contributed by atoms with Crippen LogP contribution in [0.25, 0.3) is 0 Å². The summed E-state index contributed by atoms with van der Waals surface area (Å²) in [7, 11) is 0. The molecule has 0 aliphatic heterocycles. The molecule has 3 nitrogen and oxygen atoms in total. The van der Waals surface area contributed by atoms with Gasteiger partial charge in [0.2, 0.25) is 0 Å². The van der Waals surface area contributed by atoms with E-state index in [9.17, 15) is 14.7 Å². The molecule has 0 heterocycles. The van der Waals surface area contributed by atoms with Crippen LogP contribution in [0, 0.1) is 28.6 Å². The van der Waals surface area contributed by atoms with Gasteiger partial charge in [-0.25, -0.2) is 0 Å². The van der Waals surface area contributed by atoms with Gasteiger partial charge in [-0.05, 0) is 73.8 Å². The van der Waals surface area contributed by atoms with E-state index in [1.807, 2.05) is 6.08 Å². The molecule has 0 radical (unpaired) electrons. The Hall–Kier alpha value is -1.22. The van der Waals surface area contributed by atoms with Crippen molar-refractivity contribution in [2.45, 2.75) is 64.9 Å². The van der Waals surface area contributed by atoms with Gasteiger partial charge in [0, 0.05) is 11.8 Å². The molecule has 4 aliphatic rings. The maximum absolute atomic E-state index is 12.2. The predicted molar refractivity (Wildman–Crippen MR) is 92.2 cm³/mol. The van der Waals surface area contributed by atoms with Crippen LogP contribution in [-0.2, 0) is 9.59 Å². The topological polar surface area (TPSA) is 54.4 Å². The number of ketones is 2. The van der Waals surface area contributed by atoms with Crippen LogP contribution in [0.4, 0.5) is 0 Å². The SMILES string of the molecule is CC(=O)[C@@]1(O)CC[C@H]2[C@@H]3C=CC4=CC(=O)CC[C@]4(C)[C@@H]3CC[C@@]21C. The third-order valence-electron chi connectivity index (χ3n) is 8.25. The first-order chi connectivity index (χ1) is 11.2. The highest BCUT2D eigenvalue weighted by Gasteiger charge is 2.64. The maximum atomic E-state index is 12.2. The molecular weight excluding hydrogens is 300 g/mol. The van der Waals surface area contributed by atoms with E-state index in [4.69, 9.17) is 0 Å². The molecule has 0 unspecified atom stereocenters. The minimum atomic E-state index is -1.16. The molecule has 0 spiro atoms. The number of carbonyl (C=O) groups excluding carboxylic acids is 2. The Morgan fingerprint density at radius 1 is 1.17 bits per heavy atom. The van der Waals surface area contributed by atoms with Gasteiger partial charge in [-0.2, -0.15) is 0 Å². The number of carbonyl (C=O) groups is 2. The Morgan fingerprint density at radius 3 is 2.58 bits per heavy atom. The molecule has 3 heteroatoms. The first kappa shape index (κ1) is 16.3. The summed E-state index contributed by atoms with van der Waals surface area (Å²) in [4.78, 5) is 24.0. The molecule has 2 fully saturated rings. The van der Waals surface area contributed by atoms with E-state index in [0.29, 0.717) is 30.6 Å². The van der Waals surface area contributed by atoms with Crippen LogP contribution >= 0.6 is 0 Å². The molecule has 0 amide bonds. The normalized spacial score (nSPS) is 49.9. The summed E-state index contributed by atoms with van der Waals surface area (Å²) >= 11 is 0. The number of hydrogen-bond donors (Lipinski definition) is 1. The summed E-state index contributed by atoms with van der Waals surface area (Å²) < 4.78 is 0. The molecule has 0 bridgehead atoms. The fourth-order valence-corrected chi connectivity index (χ4v) is 6.59. The van der Waals surface area contributed by atoms with Gasteiger partial charge in [-0.15, -0.1) is 0 Å². The fraction of sp³-hybridized carbons (Fsp3) is 0.714. The van der Waals surface area contributed by atoms with Crippen LogP contribution in [0.15, 0.2) is 23.8 Å². The molecular formula is C21H28O3. The minimum Gasteiger partial charge on any atom is -0.382 e. The smallest absolute Gasteiger partial charge is 0.161 e. The summed E-state index contributed by atoms with van der Waals surface area (Å²) in [6, 6.07) is 0. The van der Waals surface area contributed by atoms with E-state index < -0.39 is 5.60 Å². The van der Waals surface area contributed by atoms with E-state index in [0.717, 1.165) is 25.7 Å². The molecule has 2 saturated carbocycles. The van der Waals surface area contributed by atoms with Crippen LogP contribution in [0.2, 0.25) is 0 Å². The van der Waals surface area contributed by atoms with Gasteiger partial charge >= 0.3 is 0 Å². The third-order valence-corrected chi connectivity index (χ3v) is 8.25. The average molecular weight is 328 g/mol. The van der Waals surface area contributed by atoms with Gasteiger partial charge in [0.1, 0.15) is 5.60 Å². The zero-order valence-corrected chi connectivity index (χ0v) is 15.0. The van der Waals surface area contributed by atoms with Crippen molar-refractivity contribution in [2.75, 3.05) is 0 Å². The zero-order chi connectivity index (χ0) is 17.3. The van der Waals surface area contributed by atoms with Gasteiger partial charge in [0.05, 0.1) is 0 Å². The number of Topliss-reactive ketones (excluding diaryl/α,β-unsaturated/α-hetero) is 1. The summed E-state index contributed by atoms with van der Waals surface area (Å²) in [6.07, 6.45) is 11.3. The Kier molecular flexibility index (Phi) is 3.32. The van der Waals surface area contributed by atoms with E-state index in [2.05, 4.69) is 26.0 Å². The van der Waals surface area contributed by atoms with Crippen molar-refractivity contribution < 1.29 is 14.7 Å². The summed E-state index contributed by atoms with van der Waals surface area (Å²) in [6.45, 7) is 6.00. The lowest BCUT2D eigenvalue weighted by atomic mass is 9.48. The van der Waals surface area contributed by atoms with E-state index >= 15 is 0 Å². The lowest BCUT2D eigenvalue weighted by Crippen LogP contribution is -2.56. The second-order valence-electron chi connectivity index (χ2n) is 9.04. The minimum absolute atomic E-state index is 0.0687.